The predicted octanol–water partition coefficient (Wildman–Crippen LogP) is 1.50. The second-order valence-electron chi connectivity index (χ2n) is 3.87. The van der Waals surface area contributed by atoms with Crippen LogP contribution in [-0.4, -0.2) is 17.7 Å². The fourth-order valence-electron chi connectivity index (χ4n) is 1.49. The predicted molar refractivity (Wildman–Crippen MR) is 72.6 cm³/mol. The Balaban J connectivity index is 0.00000128. The van der Waals surface area contributed by atoms with Gasteiger partial charge in [0.05, 0.1) is 6.54 Å². The van der Waals surface area contributed by atoms with Gasteiger partial charge in [0.25, 0.3) is 0 Å². The Labute approximate surface area is 112 Å². The summed E-state index contributed by atoms with van der Waals surface area (Å²) >= 11 is 0. The molecule has 1 saturated carbocycles. The van der Waals surface area contributed by atoms with Gasteiger partial charge in [-0.2, -0.15) is 0 Å². The van der Waals surface area contributed by atoms with Gasteiger partial charge in [0.15, 0.2) is 5.96 Å². The van der Waals surface area contributed by atoms with E-state index < -0.39 is 0 Å². The molecule has 1 aromatic rings. The quantitative estimate of drug-likeness (QED) is 0.496. The normalized spacial score (nSPS) is 16.4. The van der Waals surface area contributed by atoms with Crippen molar-refractivity contribution in [1.29, 1.82) is 0 Å². The van der Waals surface area contributed by atoms with E-state index in [0.29, 0.717) is 12.5 Å². The van der Waals surface area contributed by atoms with E-state index in [1.165, 1.54) is 25.5 Å². The highest BCUT2D eigenvalue weighted by molar-refractivity contribution is 14.0. The molecule has 1 fully saturated rings. The molecule has 0 unspecified atom stereocenters. The average molecular weight is 336 g/mol. The van der Waals surface area contributed by atoms with Gasteiger partial charge in [-0.05, 0) is 18.8 Å². The molecule has 6 heteroatoms. The number of halogens is 1. The van der Waals surface area contributed by atoms with Crippen molar-refractivity contribution >= 4 is 29.9 Å². The number of aliphatic imine (C=N–C) groups is 1. The molecule has 0 atom stereocenters. The van der Waals surface area contributed by atoms with E-state index in [1.54, 1.807) is 6.07 Å². The molecule has 0 radical (unpaired) electrons. The fraction of sp³-hybridized carbons (Fsp3) is 0.600. The average Bonchev–Trinajstić information content (AvgIpc) is 2.64. The summed E-state index contributed by atoms with van der Waals surface area (Å²) in [5.41, 5.74) is 6.49. The largest absolute Gasteiger partial charge is 0.370 e. The van der Waals surface area contributed by atoms with Crippen molar-refractivity contribution in [2.75, 3.05) is 6.54 Å². The van der Waals surface area contributed by atoms with E-state index in [2.05, 4.69) is 15.5 Å². The maximum Gasteiger partial charge on any atom is 0.188 e. The fourth-order valence-corrected chi connectivity index (χ4v) is 1.49. The summed E-state index contributed by atoms with van der Waals surface area (Å²) < 4.78 is 4.69. The van der Waals surface area contributed by atoms with Gasteiger partial charge >= 0.3 is 0 Å². The maximum atomic E-state index is 5.70. The Kier molecular flexibility index (Phi) is 5.58. The molecule has 0 aliphatic heterocycles. The zero-order valence-corrected chi connectivity index (χ0v) is 11.4. The molecule has 1 aliphatic rings. The zero-order valence-electron chi connectivity index (χ0n) is 9.06. The van der Waals surface area contributed by atoms with Crippen molar-refractivity contribution in [2.24, 2.45) is 16.6 Å². The van der Waals surface area contributed by atoms with Gasteiger partial charge in [0, 0.05) is 12.6 Å². The number of hydrogen-bond donors (Lipinski definition) is 2. The monoisotopic (exact) mass is 336 g/mol. The molecule has 2 rings (SSSR count). The van der Waals surface area contributed by atoms with Crippen LogP contribution in [0.25, 0.3) is 0 Å². The number of nitrogens with one attached hydrogen (secondary N) is 1. The molecule has 1 heterocycles. The van der Waals surface area contributed by atoms with E-state index in [-0.39, 0.29) is 24.0 Å². The third-order valence-electron chi connectivity index (χ3n) is 2.70. The van der Waals surface area contributed by atoms with Crippen molar-refractivity contribution in [3.8, 4) is 0 Å². The molecular weight excluding hydrogens is 319 g/mol. The zero-order chi connectivity index (χ0) is 10.5. The minimum atomic E-state index is 0. The van der Waals surface area contributed by atoms with E-state index in [4.69, 9.17) is 10.3 Å². The molecule has 16 heavy (non-hydrogen) atoms. The van der Waals surface area contributed by atoms with Crippen molar-refractivity contribution in [3.05, 3.63) is 18.0 Å². The van der Waals surface area contributed by atoms with Crippen molar-refractivity contribution in [1.82, 2.24) is 10.5 Å². The lowest BCUT2D eigenvalue weighted by atomic mass is 9.85. The lowest BCUT2D eigenvalue weighted by Crippen LogP contribution is -2.37. The van der Waals surface area contributed by atoms with Crippen LogP contribution in [0.2, 0.25) is 0 Å². The van der Waals surface area contributed by atoms with Gasteiger partial charge in [-0.25, -0.2) is 4.99 Å². The van der Waals surface area contributed by atoms with Crippen molar-refractivity contribution in [2.45, 2.75) is 25.8 Å². The summed E-state index contributed by atoms with van der Waals surface area (Å²) in [7, 11) is 0. The molecule has 1 aliphatic carbocycles. The molecule has 90 valence electrons. The first-order valence-corrected chi connectivity index (χ1v) is 5.27. The summed E-state index contributed by atoms with van der Waals surface area (Å²) in [6.45, 7) is 1.41. The van der Waals surface area contributed by atoms with Crippen LogP contribution < -0.4 is 11.1 Å². The number of aromatic nitrogens is 1. The van der Waals surface area contributed by atoms with Crippen molar-refractivity contribution in [3.63, 3.8) is 0 Å². The number of guanidine groups is 1. The summed E-state index contributed by atoms with van der Waals surface area (Å²) in [5, 5.41) is 6.86. The SMILES string of the molecule is I.NC(=NCc1ccon1)NCC1CCC1. The van der Waals surface area contributed by atoms with Gasteiger partial charge in [-0.15, -0.1) is 24.0 Å². The summed E-state index contributed by atoms with van der Waals surface area (Å²) in [5.74, 6) is 1.27. The highest BCUT2D eigenvalue weighted by atomic mass is 127. The molecule has 5 nitrogen and oxygen atoms in total. The highest BCUT2D eigenvalue weighted by Crippen LogP contribution is 2.24. The summed E-state index contributed by atoms with van der Waals surface area (Å²) in [6, 6.07) is 1.78. The molecular formula is C10H17IN4O. The van der Waals surface area contributed by atoms with E-state index in [1.807, 2.05) is 0 Å². The van der Waals surface area contributed by atoms with Crippen molar-refractivity contribution < 1.29 is 4.52 Å². The Hall–Kier alpha value is -0.790. The molecule has 3 N–H and O–H groups in total. The van der Waals surface area contributed by atoms with Crippen LogP contribution in [0.15, 0.2) is 21.8 Å². The first-order valence-electron chi connectivity index (χ1n) is 5.27. The van der Waals surface area contributed by atoms with Crippen LogP contribution in [0.3, 0.4) is 0 Å². The number of nitrogens with two attached hydrogens (primary N) is 1. The minimum Gasteiger partial charge on any atom is -0.370 e. The first kappa shape index (κ1) is 13.3. The van der Waals surface area contributed by atoms with Crippen LogP contribution in [0, 0.1) is 5.92 Å². The van der Waals surface area contributed by atoms with Gasteiger partial charge in [-0.1, -0.05) is 11.6 Å². The van der Waals surface area contributed by atoms with Gasteiger partial charge < -0.3 is 15.6 Å². The molecule has 0 bridgehead atoms. The second kappa shape index (κ2) is 6.72. The Morgan fingerprint density at radius 3 is 3.00 bits per heavy atom. The highest BCUT2D eigenvalue weighted by Gasteiger charge is 2.16. The molecule has 0 spiro atoms. The van der Waals surface area contributed by atoms with Gasteiger partial charge in [0.1, 0.15) is 12.0 Å². The van der Waals surface area contributed by atoms with E-state index in [0.717, 1.165) is 18.2 Å². The Bertz CT molecular complexity index is 322. The lowest BCUT2D eigenvalue weighted by Gasteiger charge is -2.25. The molecule has 0 saturated heterocycles. The molecule has 0 amide bonds. The Morgan fingerprint density at radius 1 is 1.62 bits per heavy atom. The maximum absolute atomic E-state index is 5.70. The van der Waals surface area contributed by atoms with Gasteiger partial charge in [0.2, 0.25) is 0 Å². The van der Waals surface area contributed by atoms with E-state index >= 15 is 0 Å². The molecule has 1 aromatic heterocycles. The lowest BCUT2D eigenvalue weighted by molar-refractivity contribution is 0.315. The third-order valence-corrected chi connectivity index (χ3v) is 2.70. The number of nitrogens with zero attached hydrogens (tertiary/aromatic N) is 2. The summed E-state index contributed by atoms with van der Waals surface area (Å²) in [4.78, 5) is 4.16. The third kappa shape index (κ3) is 3.99. The number of hydrogen-bond acceptors (Lipinski definition) is 3. The smallest absolute Gasteiger partial charge is 0.188 e. The Morgan fingerprint density at radius 2 is 2.44 bits per heavy atom. The van der Waals surface area contributed by atoms with Crippen LogP contribution in [0.5, 0.6) is 0 Å². The summed E-state index contributed by atoms with van der Waals surface area (Å²) in [6.07, 6.45) is 5.50. The molecule has 0 aromatic carbocycles. The van der Waals surface area contributed by atoms with Crippen LogP contribution >= 0.6 is 24.0 Å². The van der Waals surface area contributed by atoms with Crippen LogP contribution in [0.1, 0.15) is 25.0 Å². The van der Waals surface area contributed by atoms with Crippen LogP contribution in [-0.2, 0) is 6.54 Å². The second-order valence-corrected chi connectivity index (χ2v) is 3.87. The standard InChI is InChI=1S/C10H16N4O.HI/c11-10(12-6-8-2-1-3-8)13-7-9-4-5-15-14-9;/h4-5,8H,1-3,6-7H2,(H3,11,12,13);1H. The first-order chi connectivity index (χ1) is 7.34. The topological polar surface area (TPSA) is 76.4 Å². The van der Waals surface area contributed by atoms with Crippen LogP contribution in [0.4, 0.5) is 0 Å². The number of rotatable bonds is 4. The minimum absolute atomic E-state index is 0. The van der Waals surface area contributed by atoms with E-state index in [9.17, 15) is 0 Å². The van der Waals surface area contributed by atoms with Gasteiger partial charge in [-0.3, -0.25) is 0 Å².